The molecule has 0 saturated carbocycles. The number of hydrogen-bond acceptors (Lipinski definition) is 3. The van der Waals surface area contributed by atoms with Gasteiger partial charge in [0.05, 0.1) is 18.6 Å². The Morgan fingerprint density at radius 1 is 0.903 bits per heavy atom. The Morgan fingerprint density at radius 3 is 2.29 bits per heavy atom. The molecule has 0 aromatic heterocycles. The maximum Gasteiger partial charge on any atom is 0.257 e. The summed E-state index contributed by atoms with van der Waals surface area (Å²) in [6.45, 7) is 3.57. The Balaban J connectivity index is 1.26. The third-order valence-electron chi connectivity index (χ3n) is 6.22. The van der Waals surface area contributed by atoms with Crippen LogP contribution in [0.25, 0.3) is 0 Å². The number of carbonyl (C=O) groups is 2. The second-order valence-electron chi connectivity index (χ2n) is 8.43. The molecule has 0 bridgehead atoms. The van der Waals surface area contributed by atoms with E-state index in [4.69, 9.17) is 4.74 Å². The molecule has 2 fully saturated rings. The van der Waals surface area contributed by atoms with Crippen LogP contribution in [0.5, 0.6) is 5.75 Å². The molecule has 0 N–H and O–H groups in total. The first-order valence-electron chi connectivity index (χ1n) is 11.1. The fourth-order valence-electron chi connectivity index (χ4n) is 4.31. The van der Waals surface area contributed by atoms with Crippen molar-refractivity contribution < 1.29 is 18.7 Å². The minimum absolute atomic E-state index is 0.0503. The van der Waals surface area contributed by atoms with Gasteiger partial charge in [0.25, 0.3) is 5.91 Å². The molecule has 2 aromatic carbocycles. The van der Waals surface area contributed by atoms with Gasteiger partial charge in [0.2, 0.25) is 5.91 Å². The highest BCUT2D eigenvalue weighted by atomic mass is 19.1. The molecular weight excluding hydrogens is 395 g/mol. The predicted octanol–water partition coefficient (Wildman–Crippen LogP) is 3.92. The number of hydrogen-bond donors (Lipinski definition) is 0. The minimum atomic E-state index is -0.291. The summed E-state index contributed by atoms with van der Waals surface area (Å²) in [5.41, 5.74) is 1.47. The lowest BCUT2D eigenvalue weighted by atomic mass is 9.97. The first-order valence-corrected chi connectivity index (χ1v) is 11.1. The summed E-state index contributed by atoms with van der Waals surface area (Å²) in [6, 6.07) is 13.6. The highest BCUT2D eigenvalue weighted by Crippen LogP contribution is 2.25. The van der Waals surface area contributed by atoms with E-state index >= 15 is 0 Å². The van der Waals surface area contributed by atoms with Gasteiger partial charge in [-0.25, -0.2) is 4.39 Å². The van der Waals surface area contributed by atoms with Crippen LogP contribution in [0, 0.1) is 11.7 Å². The fourth-order valence-corrected chi connectivity index (χ4v) is 4.31. The van der Waals surface area contributed by atoms with Gasteiger partial charge in [-0.15, -0.1) is 0 Å². The van der Waals surface area contributed by atoms with Crippen molar-refractivity contribution in [3.05, 3.63) is 65.5 Å². The van der Waals surface area contributed by atoms with Crippen molar-refractivity contribution in [1.29, 1.82) is 0 Å². The van der Waals surface area contributed by atoms with Gasteiger partial charge in [0, 0.05) is 26.2 Å². The Hall–Kier alpha value is -2.89. The average Bonchev–Trinajstić information content (AvgIpc) is 3.34. The summed E-state index contributed by atoms with van der Waals surface area (Å²) in [7, 11) is 0. The van der Waals surface area contributed by atoms with Crippen molar-refractivity contribution >= 4 is 11.8 Å². The molecule has 31 heavy (non-hydrogen) atoms. The summed E-state index contributed by atoms with van der Waals surface area (Å²) in [5, 5.41) is 0. The second-order valence-corrected chi connectivity index (χ2v) is 8.43. The SMILES string of the molecule is O=C(Cc1ccc(F)cc1)N1CCC(COc2ccccc2C(=O)N2CCCC2)CC1. The molecule has 0 spiro atoms. The monoisotopic (exact) mass is 424 g/mol. The molecule has 0 aliphatic carbocycles. The molecule has 2 aliphatic heterocycles. The molecule has 2 amide bonds. The summed E-state index contributed by atoms with van der Waals surface area (Å²) in [6.07, 6.45) is 4.17. The van der Waals surface area contributed by atoms with Gasteiger partial charge in [0.1, 0.15) is 11.6 Å². The van der Waals surface area contributed by atoms with Crippen LogP contribution in [0.2, 0.25) is 0 Å². The lowest BCUT2D eigenvalue weighted by molar-refractivity contribution is -0.132. The molecule has 0 atom stereocenters. The van der Waals surface area contributed by atoms with E-state index < -0.39 is 0 Å². The summed E-state index contributed by atoms with van der Waals surface area (Å²) in [5.74, 6) is 0.835. The zero-order valence-electron chi connectivity index (χ0n) is 17.8. The van der Waals surface area contributed by atoms with Crippen LogP contribution in [0.1, 0.15) is 41.6 Å². The summed E-state index contributed by atoms with van der Waals surface area (Å²) in [4.78, 5) is 29.1. The molecule has 0 radical (unpaired) electrons. The van der Waals surface area contributed by atoms with Crippen LogP contribution in [-0.2, 0) is 11.2 Å². The average molecular weight is 425 g/mol. The first-order chi connectivity index (χ1) is 15.1. The Bertz CT molecular complexity index is 901. The highest BCUT2D eigenvalue weighted by molar-refractivity contribution is 5.97. The van der Waals surface area contributed by atoms with Gasteiger partial charge in [-0.05, 0) is 61.4 Å². The number of nitrogens with zero attached hydrogens (tertiary/aromatic N) is 2. The van der Waals surface area contributed by atoms with E-state index in [1.165, 1.54) is 12.1 Å². The Kier molecular flexibility index (Phi) is 6.85. The highest BCUT2D eigenvalue weighted by Gasteiger charge is 2.25. The zero-order valence-corrected chi connectivity index (χ0v) is 17.8. The summed E-state index contributed by atoms with van der Waals surface area (Å²) < 4.78 is 19.1. The Morgan fingerprint density at radius 2 is 1.58 bits per heavy atom. The number of ether oxygens (including phenoxy) is 1. The van der Waals surface area contributed by atoms with Gasteiger partial charge in [-0.1, -0.05) is 24.3 Å². The maximum atomic E-state index is 13.0. The fraction of sp³-hybridized carbons (Fsp3) is 0.440. The van der Waals surface area contributed by atoms with E-state index in [1.54, 1.807) is 12.1 Å². The number of benzene rings is 2. The van der Waals surface area contributed by atoms with Gasteiger partial charge in [-0.2, -0.15) is 0 Å². The van der Waals surface area contributed by atoms with Crippen molar-refractivity contribution in [2.45, 2.75) is 32.1 Å². The lowest BCUT2D eigenvalue weighted by Gasteiger charge is -2.32. The quantitative estimate of drug-likeness (QED) is 0.706. The topological polar surface area (TPSA) is 49.9 Å². The van der Waals surface area contributed by atoms with E-state index in [-0.39, 0.29) is 17.6 Å². The molecule has 2 aromatic rings. The number of amides is 2. The molecule has 4 rings (SSSR count). The van der Waals surface area contributed by atoms with Crippen LogP contribution in [0.4, 0.5) is 4.39 Å². The van der Waals surface area contributed by atoms with Gasteiger partial charge >= 0.3 is 0 Å². The number of para-hydroxylation sites is 1. The third kappa shape index (κ3) is 5.43. The summed E-state index contributed by atoms with van der Waals surface area (Å²) >= 11 is 0. The van der Waals surface area contributed by atoms with Crippen molar-refractivity contribution in [3.8, 4) is 5.75 Å². The number of rotatable bonds is 6. The number of likely N-dealkylation sites (tertiary alicyclic amines) is 2. The largest absolute Gasteiger partial charge is 0.492 e. The molecule has 2 saturated heterocycles. The van der Waals surface area contributed by atoms with Crippen LogP contribution in [0.3, 0.4) is 0 Å². The molecular formula is C25H29FN2O3. The van der Waals surface area contributed by atoms with E-state index in [2.05, 4.69) is 0 Å². The molecule has 6 heteroatoms. The standard InChI is InChI=1S/C25H29FN2O3/c26-21-9-7-19(8-10-21)17-24(29)27-15-11-20(12-16-27)18-31-23-6-2-1-5-22(23)25(30)28-13-3-4-14-28/h1-2,5-10,20H,3-4,11-18H2. The van der Waals surface area contributed by atoms with Crippen LogP contribution in [-0.4, -0.2) is 54.4 Å². The van der Waals surface area contributed by atoms with Gasteiger partial charge in [0.15, 0.2) is 0 Å². The zero-order chi connectivity index (χ0) is 21.6. The smallest absolute Gasteiger partial charge is 0.257 e. The van der Waals surface area contributed by atoms with Crippen LogP contribution in [0.15, 0.2) is 48.5 Å². The maximum absolute atomic E-state index is 13.0. The lowest BCUT2D eigenvalue weighted by Crippen LogP contribution is -2.40. The van der Waals surface area contributed by atoms with Gasteiger partial charge < -0.3 is 14.5 Å². The van der Waals surface area contributed by atoms with E-state index in [1.807, 2.05) is 34.1 Å². The molecule has 164 valence electrons. The molecule has 2 heterocycles. The number of piperidine rings is 1. The van der Waals surface area contributed by atoms with Crippen molar-refractivity contribution in [1.82, 2.24) is 9.80 Å². The van der Waals surface area contributed by atoms with E-state index in [9.17, 15) is 14.0 Å². The van der Waals surface area contributed by atoms with Crippen molar-refractivity contribution in [2.24, 2.45) is 5.92 Å². The molecule has 2 aliphatic rings. The molecule has 5 nitrogen and oxygen atoms in total. The van der Waals surface area contributed by atoms with E-state index in [0.29, 0.717) is 43.3 Å². The second kappa shape index (κ2) is 9.94. The molecule has 0 unspecified atom stereocenters. The normalized spacial score (nSPS) is 17.1. The van der Waals surface area contributed by atoms with Gasteiger partial charge in [-0.3, -0.25) is 9.59 Å². The first kappa shape index (κ1) is 21.3. The van der Waals surface area contributed by atoms with Crippen molar-refractivity contribution in [2.75, 3.05) is 32.8 Å². The van der Waals surface area contributed by atoms with Crippen molar-refractivity contribution in [3.63, 3.8) is 0 Å². The predicted molar refractivity (Wildman–Crippen MR) is 116 cm³/mol. The van der Waals surface area contributed by atoms with Crippen LogP contribution < -0.4 is 4.74 Å². The number of carbonyl (C=O) groups excluding carboxylic acids is 2. The Labute approximate surface area is 182 Å². The van der Waals surface area contributed by atoms with Crippen LogP contribution >= 0.6 is 0 Å². The number of halogens is 1. The minimum Gasteiger partial charge on any atom is -0.492 e. The van der Waals surface area contributed by atoms with E-state index in [0.717, 1.165) is 44.3 Å². The third-order valence-corrected chi connectivity index (χ3v) is 6.22.